The van der Waals surface area contributed by atoms with Crippen molar-refractivity contribution in [1.82, 2.24) is 0 Å². The summed E-state index contributed by atoms with van der Waals surface area (Å²) in [7, 11) is 0. The van der Waals surface area contributed by atoms with Crippen LogP contribution in [0.3, 0.4) is 0 Å². The fourth-order valence-electron chi connectivity index (χ4n) is 0.589. The van der Waals surface area contributed by atoms with Crippen LogP contribution in [0.2, 0.25) is 0 Å². The third-order valence-electron chi connectivity index (χ3n) is 1.04. The van der Waals surface area contributed by atoms with E-state index in [2.05, 4.69) is 6.58 Å². The molecule has 1 aromatic carbocycles. The third kappa shape index (κ3) is 8.22. The number of hydrogen-bond acceptors (Lipinski definition) is 0. The van der Waals surface area contributed by atoms with Gasteiger partial charge in [-0.25, -0.2) is 0 Å². The summed E-state index contributed by atoms with van der Waals surface area (Å²) in [4.78, 5) is 0. The molecule has 1 aromatic rings. The molecule has 0 nitrogen and oxygen atoms in total. The Balaban J connectivity index is -0.0000000800. The molecular formula is C8H12Cl4. The SMILES string of the molecule is C=Cc1ccccc1.Cl.Cl.Cl.Cl. The standard InChI is InChI=1S/C8H8.4ClH/c1-2-8-6-4-3-5-7-8;;;;/h2-7H,1H2;4*1H. The summed E-state index contributed by atoms with van der Waals surface area (Å²) < 4.78 is 0. The number of rotatable bonds is 1. The highest BCUT2D eigenvalue weighted by Crippen LogP contribution is 1.97. The Bertz CT molecular complexity index is 174. The van der Waals surface area contributed by atoms with Crippen molar-refractivity contribution in [3.8, 4) is 0 Å². The van der Waals surface area contributed by atoms with Gasteiger partial charge in [0.2, 0.25) is 0 Å². The van der Waals surface area contributed by atoms with E-state index in [-0.39, 0.29) is 49.6 Å². The van der Waals surface area contributed by atoms with E-state index < -0.39 is 0 Å². The van der Waals surface area contributed by atoms with Crippen LogP contribution in [-0.2, 0) is 0 Å². The molecule has 0 atom stereocenters. The molecule has 0 amide bonds. The quantitative estimate of drug-likeness (QED) is 0.706. The van der Waals surface area contributed by atoms with E-state index in [1.807, 2.05) is 36.4 Å². The van der Waals surface area contributed by atoms with E-state index in [0.29, 0.717) is 0 Å². The predicted molar refractivity (Wildman–Crippen MR) is 65.5 cm³/mol. The minimum absolute atomic E-state index is 0. The molecule has 0 aliphatic carbocycles. The zero-order valence-electron chi connectivity index (χ0n) is 6.30. The van der Waals surface area contributed by atoms with Crippen LogP contribution in [0, 0.1) is 0 Å². The normalized spacial score (nSPS) is 5.67. The van der Waals surface area contributed by atoms with Crippen LogP contribution in [0.15, 0.2) is 36.9 Å². The molecule has 0 saturated carbocycles. The smallest absolute Gasteiger partial charge is 0.0263 e. The van der Waals surface area contributed by atoms with E-state index in [1.165, 1.54) is 5.56 Å². The highest BCUT2D eigenvalue weighted by Gasteiger charge is 1.75. The van der Waals surface area contributed by atoms with Gasteiger partial charge in [0, 0.05) is 0 Å². The van der Waals surface area contributed by atoms with Crippen LogP contribution >= 0.6 is 49.6 Å². The molecule has 0 spiro atoms. The number of benzene rings is 1. The number of halogens is 4. The minimum Gasteiger partial charge on any atom is -0.147 e. The lowest BCUT2D eigenvalue weighted by molar-refractivity contribution is 1.67. The highest BCUT2D eigenvalue weighted by atomic mass is 35.5. The zero-order valence-corrected chi connectivity index (χ0v) is 9.57. The zero-order chi connectivity index (χ0) is 5.82. The molecule has 0 saturated heterocycles. The fraction of sp³-hybridized carbons (Fsp3) is 0. The van der Waals surface area contributed by atoms with E-state index >= 15 is 0 Å². The van der Waals surface area contributed by atoms with E-state index in [0.717, 1.165) is 0 Å². The van der Waals surface area contributed by atoms with Gasteiger partial charge in [-0.2, -0.15) is 0 Å². The largest absolute Gasteiger partial charge is 0.147 e. The van der Waals surface area contributed by atoms with Gasteiger partial charge in [0.05, 0.1) is 0 Å². The molecule has 0 radical (unpaired) electrons. The first kappa shape index (κ1) is 22.7. The molecule has 0 fully saturated rings. The summed E-state index contributed by atoms with van der Waals surface area (Å²) >= 11 is 0. The van der Waals surface area contributed by atoms with Crippen LogP contribution in [0.4, 0.5) is 0 Å². The molecular weight excluding hydrogens is 238 g/mol. The van der Waals surface area contributed by atoms with E-state index in [1.54, 1.807) is 0 Å². The van der Waals surface area contributed by atoms with Crippen molar-refractivity contribution in [1.29, 1.82) is 0 Å². The van der Waals surface area contributed by atoms with Crippen molar-refractivity contribution in [2.75, 3.05) is 0 Å². The Labute approximate surface area is 98.1 Å². The van der Waals surface area contributed by atoms with Crippen LogP contribution < -0.4 is 0 Å². The average Bonchev–Trinajstić information content (AvgIpc) is 1.90. The third-order valence-corrected chi connectivity index (χ3v) is 1.04. The summed E-state index contributed by atoms with van der Waals surface area (Å²) in [5.74, 6) is 0. The Kier molecular flexibility index (Phi) is 25.9. The van der Waals surface area contributed by atoms with Crippen molar-refractivity contribution in [3.63, 3.8) is 0 Å². The molecule has 4 heteroatoms. The first-order valence-electron chi connectivity index (χ1n) is 2.61. The van der Waals surface area contributed by atoms with E-state index in [4.69, 9.17) is 0 Å². The summed E-state index contributed by atoms with van der Waals surface area (Å²) in [5.41, 5.74) is 1.17. The van der Waals surface area contributed by atoms with Gasteiger partial charge in [0.25, 0.3) is 0 Å². The van der Waals surface area contributed by atoms with Crippen LogP contribution in [0.5, 0.6) is 0 Å². The number of hydrogen-bond donors (Lipinski definition) is 0. The Hall–Kier alpha value is 0.120. The van der Waals surface area contributed by atoms with Crippen molar-refractivity contribution >= 4 is 55.7 Å². The Morgan fingerprint density at radius 1 is 0.833 bits per heavy atom. The Morgan fingerprint density at radius 3 is 1.50 bits per heavy atom. The van der Waals surface area contributed by atoms with Gasteiger partial charge in [0.1, 0.15) is 0 Å². The molecule has 0 aliphatic heterocycles. The van der Waals surface area contributed by atoms with Gasteiger partial charge in [0.15, 0.2) is 0 Å². The molecule has 12 heavy (non-hydrogen) atoms. The lowest BCUT2D eigenvalue weighted by atomic mass is 10.2. The highest BCUT2D eigenvalue weighted by molar-refractivity contribution is 5.86. The van der Waals surface area contributed by atoms with Gasteiger partial charge < -0.3 is 0 Å². The summed E-state index contributed by atoms with van der Waals surface area (Å²) in [6, 6.07) is 10.0. The molecule has 0 aliphatic rings. The van der Waals surface area contributed by atoms with Crippen molar-refractivity contribution < 1.29 is 0 Å². The first-order chi connectivity index (χ1) is 3.93. The molecule has 72 valence electrons. The van der Waals surface area contributed by atoms with Crippen molar-refractivity contribution in [3.05, 3.63) is 42.5 Å². The maximum absolute atomic E-state index is 3.63. The fourth-order valence-corrected chi connectivity index (χ4v) is 0.589. The van der Waals surface area contributed by atoms with Crippen LogP contribution in [-0.4, -0.2) is 0 Å². The molecule has 0 unspecified atom stereocenters. The second kappa shape index (κ2) is 13.7. The van der Waals surface area contributed by atoms with E-state index in [9.17, 15) is 0 Å². The van der Waals surface area contributed by atoms with Crippen molar-refractivity contribution in [2.24, 2.45) is 0 Å². The topological polar surface area (TPSA) is 0 Å². The van der Waals surface area contributed by atoms with Crippen molar-refractivity contribution in [2.45, 2.75) is 0 Å². The Morgan fingerprint density at radius 2 is 1.25 bits per heavy atom. The molecule has 0 N–H and O–H groups in total. The molecule has 0 aromatic heterocycles. The predicted octanol–water partition coefficient (Wildman–Crippen LogP) is 4.02. The average molecular weight is 250 g/mol. The van der Waals surface area contributed by atoms with Gasteiger partial charge >= 0.3 is 0 Å². The summed E-state index contributed by atoms with van der Waals surface area (Å²) in [6.45, 7) is 3.63. The molecule has 1 rings (SSSR count). The molecule has 0 bridgehead atoms. The summed E-state index contributed by atoms with van der Waals surface area (Å²) in [5, 5.41) is 0. The minimum atomic E-state index is 0. The van der Waals surface area contributed by atoms with Gasteiger partial charge in [-0.3, -0.25) is 0 Å². The lowest BCUT2D eigenvalue weighted by Crippen LogP contribution is -1.63. The maximum Gasteiger partial charge on any atom is -0.0263 e. The lowest BCUT2D eigenvalue weighted by Gasteiger charge is -1.85. The van der Waals surface area contributed by atoms with Gasteiger partial charge in [-0.05, 0) is 5.56 Å². The first-order valence-corrected chi connectivity index (χ1v) is 2.61. The van der Waals surface area contributed by atoms with Crippen LogP contribution in [0.1, 0.15) is 5.56 Å². The maximum atomic E-state index is 3.63. The summed E-state index contributed by atoms with van der Waals surface area (Å²) in [6.07, 6.45) is 1.83. The van der Waals surface area contributed by atoms with Crippen LogP contribution in [0.25, 0.3) is 6.08 Å². The van der Waals surface area contributed by atoms with Gasteiger partial charge in [-0.15, -0.1) is 49.6 Å². The second-order valence-corrected chi connectivity index (χ2v) is 1.61. The molecule has 0 heterocycles. The van der Waals surface area contributed by atoms with Gasteiger partial charge in [-0.1, -0.05) is 43.0 Å². The second-order valence-electron chi connectivity index (χ2n) is 1.61. The monoisotopic (exact) mass is 248 g/mol.